The maximum Gasteiger partial charge on any atom is 0.246 e. The number of hydrogen-bond donors (Lipinski definition) is 1. The van der Waals surface area contributed by atoms with Gasteiger partial charge in [-0.25, -0.2) is 4.99 Å². The van der Waals surface area contributed by atoms with Crippen molar-refractivity contribution in [1.82, 2.24) is 20.0 Å². The van der Waals surface area contributed by atoms with Crippen molar-refractivity contribution < 1.29 is 9.59 Å². The van der Waals surface area contributed by atoms with Crippen LogP contribution in [0.3, 0.4) is 0 Å². The molecule has 2 aromatic rings. The average molecular weight is 438 g/mol. The molecule has 2 amide bonds. The van der Waals surface area contributed by atoms with Crippen molar-refractivity contribution in [2.75, 3.05) is 42.5 Å². The van der Waals surface area contributed by atoms with Crippen LogP contribution >= 0.6 is 0 Å². The fourth-order valence-corrected chi connectivity index (χ4v) is 4.13. The Balaban J connectivity index is 1.40. The number of nitrogens with one attached hydrogen (secondary N) is 1. The van der Waals surface area contributed by atoms with Crippen molar-refractivity contribution in [3.63, 3.8) is 0 Å². The molecule has 0 spiro atoms. The zero-order valence-electron chi connectivity index (χ0n) is 18.8. The molecule has 1 aromatic heterocycles. The number of carbonyl (C=O) groups is 2. The zero-order chi connectivity index (χ0) is 22.5. The number of nitrogens with zero attached hydrogens (tertiary/aromatic N) is 6. The van der Waals surface area contributed by atoms with E-state index in [0.29, 0.717) is 26.1 Å². The summed E-state index contributed by atoms with van der Waals surface area (Å²) in [6, 6.07) is 8.04. The lowest BCUT2D eigenvalue weighted by atomic mass is 10.1. The molecular weight excluding hydrogens is 406 g/mol. The van der Waals surface area contributed by atoms with Crippen molar-refractivity contribution in [2.45, 2.75) is 32.7 Å². The Morgan fingerprint density at radius 2 is 1.81 bits per heavy atom. The third-order valence-corrected chi connectivity index (χ3v) is 5.84. The minimum atomic E-state index is 0.0328. The molecule has 0 aliphatic carbocycles. The number of piperazine rings is 1. The summed E-state index contributed by atoms with van der Waals surface area (Å²) in [5.41, 5.74) is 2.84. The van der Waals surface area contributed by atoms with Crippen molar-refractivity contribution in [3.8, 4) is 0 Å². The summed E-state index contributed by atoms with van der Waals surface area (Å²) in [5.74, 6) is 0.971. The van der Waals surface area contributed by atoms with E-state index in [-0.39, 0.29) is 18.4 Å². The molecule has 0 radical (unpaired) electrons. The van der Waals surface area contributed by atoms with E-state index in [1.54, 1.807) is 15.8 Å². The lowest BCUT2D eigenvalue weighted by Gasteiger charge is -2.35. The van der Waals surface area contributed by atoms with Crippen LogP contribution in [-0.4, -0.2) is 65.2 Å². The van der Waals surface area contributed by atoms with Gasteiger partial charge in [-0.3, -0.25) is 14.3 Å². The van der Waals surface area contributed by atoms with Crippen molar-refractivity contribution >= 4 is 29.1 Å². The molecule has 9 heteroatoms. The van der Waals surface area contributed by atoms with Crippen LogP contribution in [0.5, 0.6) is 0 Å². The third-order valence-electron chi connectivity index (χ3n) is 5.84. The van der Waals surface area contributed by atoms with E-state index in [1.165, 1.54) is 0 Å². The summed E-state index contributed by atoms with van der Waals surface area (Å²) in [7, 11) is 1.84. The summed E-state index contributed by atoms with van der Waals surface area (Å²) >= 11 is 0. The second-order valence-electron chi connectivity index (χ2n) is 8.18. The van der Waals surface area contributed by atoms with Crippen LogP contribution in [0, 0.1) is 0 Å². The maximum absolute atomic E-state index is 12.7. The molecule has 4 rings (SSSR count). The van der Waals surface area contributed by atoms with Crippen LogP contribution < -0.4 is 15.1 Å². The number of amides is 2. The Morgan fingerprint density at radius 3 is 2.47 bits per heavy atom. The predicted octanol–water partition coefficient (Wildman–Crippen LogP) is 1.75. The Bertz CT molecular complexity index is 982. The quantitative estimate of drug-likeness (QED) is 0.569. The summed E-state index contributed by atoms with van der Waals surface area (Å²) < 4.78 is 1.70. The molecule has 2 aliphatic rings. The highest BCUT2D eigenvalue weighted by atomic mass is 16.2. The monoisotopic (exact) mass is 437 g/mol. The first-order valence-electron chi connectivity index (χ1n) is 11.3. The minimum Gasteiger partial charge on any atom is -0.356 e. The van der Waals surface area contributed by atoms with Gasteiger partial charge in [0.05, 0.1) is 18.4 Å². The smallest absolute Gasteiger partial charge is 0.246 e. The summed E-state index contributed by atoms with van der Waals surface area (Å²) in [6.45, 7) is 5.61. The zero-order valence-corrected chi connectivity index (χ0v) is 18.8. The minimum absolute atomic E-state index is 0.0328. The van der Waals surface area contributed by atoms with Gasteiger partial charge >= 0.3 is 0 Å². The molecule has 1 N–H and O–H groups in total. The highest BCUT2D eigenvalue weighted by molar-refractivity contribution is 5.98. The Morgan fingerprint density at radius 1 is 1.03 bits per heavy atom. The van der Waals surface area contributed by atoms with Gasteiger partial charge < -0.3 is 20.0 Å². The van der Waals surface area contributed by atoms with Crippen molar-refractivity contribution in [1.29, 1.82) is 0 Å². The topological polar surface area (TPSA) is 86.1 Å². The van der Waals surface area contributed by atoms with Crippen LogP contribution in [0.25, 0.3) is 0 Å². The number of aryl methyl sites for hydroxylation is 1. The number of aliphatic imine (C=N–C) groups is 1. The van der Waals surface area contributed by atoms with E-state index in [4.69, 9.17) is 4.99 Å². The van der Waals surface area contributed by atoms with Crippen LogP contribution in [0.15, 0.2) is 41.7 Å². The predicted molar refractivity (Wildman–Crippen MR) is 125 cm³/mol. The van der Waals surface area contributed by atoms with Crippen molar-refractivity contribution in [2.24, 2.45) is 12.0 Å². The fourth-order valence-electron chi connectivity index (χ4n) is 4.13. The van der Waals surface area contributed by atoms with E-state index in [1.807, 2.05) is 54.2 Å². The number of anilines is 2. The van der Waals surface area contributed by atoms with Gasteiger partial charge in [-0.1, -0.05) is 12.1 Å². The molecular formula is C23H31N7O2. The van der Waals surface area contributed by atoms with E-state index in [2.05, 4.69) is 10.4 Å². The first-order valence-corrected chi connectivity index (χ1v) is 11.3. The van der Waals surface area contributed by atoms with Gasteiger partial charge in [0.25, 0.3) is 0 Å². The molecule has 170 valence electrons. The number of guanidine groups is 1. The highest BCUT2D eigenvalue weighted by Crippen LogP contribution is 2.22. The first-order chi connectivity index (χ1) is 15.5. The molecule has 0 saturated carbocycles. The Hall–Kier alpha value is -3.36. The SMILES string of the molecule is CCNC(=NCc1ccc(N2CCCCC2=O)cc1)N1CCN(c2cnn(C)c2)C(=O)C1. The number of aromatic nitrogens is 2. The average Bonchev–Trinajstić information content (AvgIpc) is 3.23. The molecule has 1 aromatic carbocycles. The second kappa shape index (κ2) is 9.84. The third kappa shape index (κ3) is 4.92. The van der Waals surface area contributed by atoms with E-state index < -0.39 is 0 Å². The maximum atomic E-state index is 12.7. The number of carbonyl (C=O) groups excluding carboxylic acids is 2. The number of rotatable bonds is 5. The summed E-state index contributed by atoms with van der Waals surface area (Å²) in [6.07, 6.45) is 6.23. The Labute approximate surface area is 188 Å². The number of benzene rings is 1. The van der Waals surface area contributed by atoms with Crippen LogP contribution in [-0.2, 0) is 23.2 Å². The molecule has 0 bridgehead atoms. The second-order valence-corrected chi connectivity index (χ2v) is 8.18. The molecule has 3 heterocycles. The molecule has 32 heavy (non-hydrogen) atoms. The van der Waals surface area contributed by atoms with Crippen LogP contribution in [0.2, 0.25) is 0 Å². The lowest BCUT2D eigenvalue weighted by molar-refractivity contribution is -0.120. The van der Waals surface area contributed by atoms with Gasteiger partial charge in [-0.2, -0.15) is 5.10 Å². The standard InChI is InChI=1S/C23H31N7O2/c1-3-24-23(28-12-13-30(22(32)17-28)20-15-26-27(2)16-20)25-14-18-7-9-19(10-8-18)29-11-5-4-6-21(29)31/h7-10,15-16H,3-6,11-14,17H2,1-2H3,(H,24,25). The lowest BCUT2D eigenvalue weighted by Crippen LogP contribution is -2.55. The largest absolute Gasteiger partial charge is 0.356 e. The molecule has 0 atom stereocenters. The number of hydrogen-bond acceptors (Lipinski definition) is 4. The molecule has 2 fully saturated rings. The van der Waals surface area contributed by atoms with E-state index in [9.17, 15) is 9.59 Å². The fraction of sp³-hybridized carbons (Fsp3) is 0.478. The molecule has 2 saturated heterocycles. The summed E-state index contributed by atoms with van der Waals surface area (Å²) in [5, 5.41) is 7.47. The number of piperidine rings is 1. The molecule has 9 nitrogen and oxygen atoms in total. The van der Waals surface area contributed by atoms with Gasteiger partial charge in [-0.05, 0) is 37.5 Å². The van der Waals surface area contributed by atoms with Gasteiger partial charge in [0.1, 0.15) is 6.54 Å². The van der Waals surface area contributed by atoms with E-state index >= 15 is 0 Å². The molecule has 2 aliphatic heterocycles. The van der Waals surface area contributed by atoms with Crippen LogP contribution in [0.4, 0.5) is 11.4 Å². The van der Waals surface area contributed by atoms with Gasteiger partial charge in [0.2, 0.25) is 11.8 Å². The first kappa shape index (κ1) is 21.9. The van der Waals surface area contributed by atoms with Gasteiger partial charge in [0, 0.05) is 51.5 Å². The highest BCUT2D eigenvalue weighted by Gasteiger charge is 2.27. The summed E-state index contributed by atoms with van der Waals surface area (Å²) in [4.78, 5) is 35.3. The van der Waals surface area contributed by atoms with Crippen LogP contribution in [0.1, 0.15) is 31.7 Å². The normalized spacial score (nSPS) is 17.8. The molecule has 0 unspecified atom stereocenters. The van der Waals surface area contributed by atoms with Crippen molar-refractivity contribution in [3.05, 3.63) is 42.2 Å². The van der Waals surface area contributed by atoms with Gasteiger partial charge in [-0.15, -0.1) is 0 Å². The Kier molecular flexibility index (Phi) is 6.72. The van der Waals surface area contributed by atoms with Gasteiger partial charge in [0.15, 0.2) is 5.96 Å². The van der Waals surface area contributed by atoms with E-state index in [0.717, 1.165) is 48.8 Å².